The van der Waals surface area contributed by atoms with Crippen molar-refractivity contribution in [2.45, 2.75) is 40.3 Å². The van der Waals surface area contributed by atoms with Crippen LogP contribution in [0.2, 0.25) is 0 Å². The second-order valence-corrected chi connectivity index (χ2v) is 5.34. The summed E-state index contributed by atoms with van der Waals surface area (Å²) in [7, 11) is 0. The number of aryl methyl sites for hydroxylation is 2. The third-order valence-electron chi connectivity index (χ3n) is 3.67. The van der Waals surface area contributed by atoms with Crippen LogP contribution >= 0.6 is 24.0 Å². The molecule has 1 heterocycles. The molecule has 132 valence electrons. The summed E-state index contributed by atoms with van der Waals surface area (Å²) < 4.78 is 2.07. The molecule has 1 aromatic carbocycles. The summed E-state index contributed by atoms with van der Waals surface area (Å²) in [4.78, 5) is 4.66. The average molecular weight is 442 g/mol. The van der Waals surface area contributed by atoms with E-state index in [-0.39, 0.29) is 24.0 Å². The Hall–Kier alpha value is -1.64. The van der Waals surface area contributed by atoms with Gasteiger partial charge >= 0.3 is 0 Å². The summed E-state index contributed by atoms with van der Waals surface area (Å²) >= 11 is 0. The zero-order chi connectivity index (χ0) is 16.5. The first-order valence-corrected chi connectivity index (χ1v) is 8.18. The van der Waals surface area contributed by atoms with Crippen LogP contribution in [-0.2, 0) is 19.5 Å². The largest absolute Gasteiger partial charge is 0.357 e. The number of aromatic nitrogens is 3. The summed E-state index contributed by atoms with van der Waals surface area (Å²) in [6.07, 6.45) is 2.67. The number of hydrogen-bond acceptors (Lipinski definition) is 3. The summed E-state index contributed by atoms with van der Waals surface area (Å²) in [5, 5.41) is 14.7. The Morgan fingerprint density at radius 3 is 2.71 bits per heavy atom. The molecular formula is C17H27IN6. The molecule has 0 unspecified atom stereocenters. The van der Waals surface area contributed by atoms with Crippen molar-refractivity contribution in [2.24, 2.45) is 4.99 Å². The maximum absolute atomic E-state index is 4.66. The SMILES string of the molecule is CCNC(=NCc1ccccc1C)NCCn1cnnc1CC.I. The number of rotatable bonds is 7. The molecule has 6 nitrogen and oxygen atoms in total. The highest BCUT2D eigenvalue weighted by molar-refractivity contribution is 14.0. The number of benzene rings is 1. The fraction of sp³-hybridized carbons (Fsp3) is 0.471. The van der Waals surface area contributed by atoms with Crippen molar-refractivity contribution < 1.29 is 0 Å². The van der Waals surface area contributed by atoms with Gasteiger partial charge in [0, 0.05) is 26.1 Å². The first kappa shape index (κ1) is 20.4. The molecule has 2 rings (SSSR count). The van der Waals surface area contributed by atoms with E-state index in [9.17, 15) is 0 Å². The third kappa shape index (κ3) is 6.10. The Morgan fingerprint density at radius 1 is 1.21 bits per heavy atom. The van der Waals surface area contributed by atoms with Crippen LogP contribution in [0.1, 0.15) is 30.8 Å². The van der Waals surface area contributed by atoms with Gasteiger partial charge in [-0.2, -0.15) is 0 Å². The first-order valence-electron chi connectivity index (χ1n) is 8.18. The average Bonchev–Trinajstić information content (AvgIpc) is 3.01. The highest BCUT2D eigenvalue weighted by Gasteiger charge is 2.02. The van der Waals surface area contributed by atoms with Crippen molar-refractivity contribution in [2.75, 3.05) is 13.1 Å². The number of nitrogens with one attached hydrogen (secondary N) is 2. The normalized spacial score (nSPS) is 11.0. The summed E-state index contributed by atoms with van der Waals surface area (Å²) in [5.41, 5.74) is 2.51. The number of guanidine groups is 1. The van der Waals surface area contributed by atoms with Gasteiger partial charge in [-0.1, -0.05) is 31.2 Å². The van der Waals surface area contributed by atoms with Gasteiger partial charge in [-0.05, 0) is 25.0 Å². The van der Waals surface area contributed by atoms with Crippen molar-refractivity contribution >= 4 is 29.9 Å². The van der Waals surface area contributed by atoms with Gasteiger partial charge in [0.1, 0.15) is 12.2 Å². The molecule has 0 aliphatic rings. The van der Waals surface area contributed by atoms with Crippen LogP contribution in [0.15, 0.2) is 35.6 Å². The Labute approximate surface area is 161 Å². The first-order chi connectivity index (χ1) is 11.2. The Bertz CT molecular complexity index is 638. The predicted molar refractivity (Wildman–Crippen MR) is 109 cm³/mol. The summed E-state index contributed by atoms with van der Waals surface area (Å²) in [6, 6.07) is 8.34. The van der Waals surface area contributed by atoms with Crippen LogP contribution < -0.4 is 10.6 Å². The molecule has 1 aromatic heterocycles. The zero-order valence-electron chi connectivity index (χ0n) is 14.6. The fourth-order valence-electron chi connectivity index (χ4n) is 2.33. The van der Waals surface area contributed by atoms with Crippen LogP contribution in [-0.4, -0.2) is 33.8 Å². The van der Waals surface area contributed by atoms with E-state index in [1.54, 1.807) is 6.33 Å². The van der Waals surface area contributed by atoms with E-state index in [4.69, 9.17) is 0 Å². The number of nitrogens with zero attached hydrogens (tertiary/aromatic N) is 4. The molecule has 0 bridgehead atoms. The Kier molecular flexibility index (Phi) is 9.36. The lowest BCUT2D eigenvalue weighted by Gasteiger charge is -2.12. The molecule has 24 heavy (non-hydrogen) atoms. The number of hydrogen-bond donors (Lipinski definition) is 2. The maximum atomic E-state index is 4.66. The van der Waals surface area contributed by atoms with Crippen molar-refractivity contribution in [3.05, 3.63) is 47.5 Å². The van der Waals surface area contributed by atoms with Gasteiger partial charge in [-0.3, -0.25) is 0 Å². The van der Waals surface area contributed by atoms with Crippen LogP contribution in [0.25, 0.3) is 0 Å². The molecule has 0 aliphatic heterocycles. The maximum Gasteiger partial charge on any atom is 0.191 e. The topological polar surface area (TPSA) is 67.1 Å². The van der Waals surface area contributed by atoms with Crippen LogP contribution in [0, 0.1) is 6.92 Å². The fourth-order valence-corrected chi connectivity index (χ4v) is 2.33. The summed E-state index contributed by atoms with van der Waals surface area (Å²) in [5.74, 6) is 1.84. The van der Waals surface area contributed by atoms with E-state index < -0.39 is 0 Å². The lowest BCUT2D eigenvalue weighted by Crippen LogP contribution is -2.39. The number of aliphatic imine (C=N–C) groups is 1. The standard InChI is InChI=1S/C17H26N6.HI/c1-4-16-22-21-13-23(16)11-10-19-17(18-5-2)20-12-15-9-7-6-8-14(15)3;/h6-9,13H,4-5,10-12H2,1-3H3,(H2,18,19,20);1H. The van der Waals surface area contributed by atoms with Crippen molar-refractivity contribution in [3.63, 3.8) is 0 Å². The van der Waals surface area contributed by atoms with E-state index >= 15 is 0 Å². The molecule has 0 radical (unpaired) electrons. The second-order valence-electron chi connectivity index (χ2n) is 5.34. The molecule has 0 saturated carbocycles. The van der Waals surface area contributed by atoms with Gasteiger partial charge in [0.25, 0.3) is 0 Å². The quantitative estimate of drug-likeness (QED) is 0.393. The van der Waals surface area contributed by atoms with Crippen molar-refractivity contribution in [3.8, 4) is 0 Å². The Morgan fingerprint density at radius 2 is 2.00 bits per heavy atom. The van der Waals surface area contributed by atoms with Crippen LogP contribution in [0.3, 0.4) is 0 Å². The predicted octanol–water partition coefficient (Wildman–Crippen LogP) is 2.52. The molecule has 0 aliphatic carbocycles. The van der Waals surface area contributed by atoms with E-state index in [0.29, 0.717) is 6.54 Å². The van der Waals surface area contributed by atoms with Gasteiger partial charge in [-0.25, -0.2) is 4.99 Å². The van der Waals surface area contributed by atoms with E-state index in [1.807, 2.05) is 0 Å². The molecule has 0 saturated heterocycles. The van der Waals surface area contributed by atoms with Crippen LogP contribution in [0.5, 0.6) is 0 Å². The van der Waals surface area contributed by atoms with Crippen molar-refractivity contribution in [1.82, 2.24) is 25.4 Å². The molecule has 0 amide bonds. The Balaban J connectivity index is 0.00000288. The van der Waals surface area contributed by atoms with E-state index in [0.717, 1.165) is 37.8 Å². The minimum absolute atomic E-state index is 0. The number of halogens is 1. The van der Waals surface area contributed by atoms with Gasteiger partial charge in [-0.15, -0.1) is 34.2 Å². The van der Waals surface area contributed by atoms with Gasteiger partial charge in [0.15, 0.2) is 5.96 Å². The minimum atomic E-state index is 0. The van der Waals surface area contributed by atoms with Crippen LogP contribution in [0.4, 0.5) is 0 Å². The lowest BCUT2D eigenvalue weighted by molar-refractivity contribution is 0.632. The zero-order valence-corrected chi connectivity index (χ0v) is 16.9. The minimum Gasteiger partial charge on any atom is -0.357 e. The molecule has 0 fully saturated rings. The molecular weight excluding hydrogens is 415 g/mol. The smallest absolute Gasteiger partial charge is 0.191 e. The molecule has 7 heteroatoms. The molecule has 2 aromatic rings. The van der Waals surface area contributed by atoms with Gasteiger partial charge in [0.05, 0.1) is 6.54 Å². The highest BCUT2D eigenvalue weighted by atomic mass is 127. The highest BCUT2D eigenvalue weighted by Crippen LogP contribution is 2.07. The monoisotopic (exact) mass is 442 g/mol. The van der Waals surface area contributed by atoms with Gasteiger partial charge < -0.3 is 15.2 Å². The van der Waals surface area contributed by atoms with E-state index in [1.165, 1.54) is 11.1 Å². The molecule has 0 spiro atoms. The molecule has 2 N–H and O–H groups in total. The van der Waals surface area contributed by atoms with Gasteiger partial charge in [0.2, 0.25) is 0 Å². The van der Waals surface area contributed by atoms with E-state index in [2.05, 4.69) is 75.4 Å². The summed E-state index contributed by atoms with van der Waals surface area (Å²) in [6.45, 7) is 9.39. The lowest BCUT2D eigenvalue weighted by atomic mass is 10.1. The second kappa shape index (κ2) is 11.0. The van der Waals surface area contributed by atoms with Crippen molar-refractivity contribution in [1.29, 1.82) is 0 Å². The molecule has 0 atom stereocenters. The third-order valence-corrected chi connectivity index (χ3v) is 3.67.